The van der Waals surface area contributed by atoms with Gasteiger partial charge in [0.25, 0.3) is 5.91 Å². The molecule has 0 bridgehead atoms. The highest BCUT2D eigenvalue weighted by molar-refractivity contribution is 6.35. The Kier molecular flexibility index (Phi) is 5.50. The summed E-state index contributed by atoms with van der Waals surface area (Å²) in [5, 5.41) is 3.77. The Morgan fingerprint density at radius 1 is 1.04 bits per heavy atom. The van der Waals surface area contributed by atoms with Crippen LogP contribution in [0, 0.1) is 0 Å². The summed E-state index contributed by atoms with van der Waals surface area (Å²) in [7, 11) is 0. The van der Waals surface area contributed by atoms with Gasteiger partial charge in [-0.25, -0.2) is 0 Å². The lowest BCUT2D eigenvalue weighted by molar-refractivity contribution is -0.127. The van der Waals surface area contributed by atoms with Crippen molar-refractivity contribution in [2.45, 2.75) is 45.3 Å². The third-order valence-corrected chi connectivity index (χ3v) is 4.86. The zero-order valence-electron chi connectivity index (χ0n) is 15.6. The zero-order valence-corrected chi connectivity index (χ0v) is 17.1. The largest absolute Gasteiger partial charge is 0.350 e. The molecule has 3 rings (SSSR count). The molecule has 2 aromatic rings. The molecule has 1 aliphatic heterocycles. The molecule has 142 valence electrons. The molecule has 0 aliphatic carbocycles. The van der Waals surface area contributed by atoms with Crippen molar-refractivity contribution < 1.29 is 9.59 Å². The molecular weight excluding hydrogens is 383 g/mol. The van der Waals surface area contributed by atoms with E-state index < -0.39 is 6.04 Å². The third kappa shape index (κ3) is 4.63. The topological polar surface area (TPSA) is 49.4 Å². The summed E-state index contributed by atoms with van der Waals surface area (Å²) >= 11 is 12.1. The van der Waals surface area contributed by atoms with Gasteiger partial charge in [0, 0.05) is 34.1 Å². The number of carbonyl (C=O) groups excluding carboxylic acids is 2. The number of hydrogen-bond acceptors (Lipinski definition) is 2. The standard InChI is InChI=1S/C21H22Cl2N2O2/c1-21(2,3)24-19(26)18-10-13-6-4-5-7-14(13)12-25(18)20(27)15-8-16(22)11-17(23)9-15/h4-9,11,18H,10,12H2,1-3H3,(H,24,26)/t18-/m0/s1. The van der Waals surface area contributed by atoms with Crippen LogP contribution < -0.4 is 5.32 Å². The average molecular weight is 405 g/mol. The summed E-state index contributed by atoms with van der Waals surface area (Å²) in [5.41, 5.74) is 2.11. The van der Waals surface area contributed by atoms with Crippen LogP contribution in [-0.4, -0.2) is 28.3 Å². The van der Waals surface area contributed by atoms with Crippen LogP contribution in [-0.2, 0) is 17.8 Å². The van der Waals surface area contributed by atoms with Crippen molar-refractivity contribution in [2.24, 2.45) is 0 Å². The van der Waals surface area contributed by atoms with E-state index in [9.17, 15) is 9.59 Å². The van der Waals surface area contributed by atoms with Gasteiger partial charge in [0.15, 0.2) is 0 Å². The number of nitrogens with one attached hydrogen (secondary N) is 1. The lowest BCUT2D eigenvalue weighted by Gasteiger charge is -2.37. The van der Waals surface area contributed by atoms with Crippen molar-refractivity contribution >= 4 is 35.0 Å². The molecule has 0 saturated heterocycles. The van der Waals surface area contributed by atoms with Crippen molar-refractivity contribution in [1.29, 1.82) is 0 Å². The lowest BCUT2D eigenvalue weighted by Crippen LogP contribution is -2.56. The molecule has 0 aromatic heterocycles. The van der Waals surface area contributed by atoms with E-state index in [-0.39, 0.29) is 17.4 Å². The van der Waals surface area contributed by atoms with Crippen LogP contribution in [0.25, 0.3) is 0 Å². The van der Waals surface area contributed by atoms with E-state index >= 15 is 0 Å². The van der Waals surface area contributed by atoms with E-state index in [1.54, 1.807) is 23.1 Å². The highest BCUT2D eigenvalue weighted by Gasteiger charge is 2.36. The summed E-state index contributed by atoms with van der Waals surface area (Å²) in [6, 6.07) is 12.0. The van der Waals surface area contributed by atoms with Crippen LogP contribution in [0.3, 0.4) is 0 Å². The molecule has 1 aliphatic rings. The maximum absolute atomic E-state index is 13.2. The maximum atomic E-state index is 13.2. The second-order valence-corrected chi connectivity index (χ2v) is 8.69. The molecule has 2 amide bonds. The van der Waals surface area contributed by atoms with Gasteiger partial charge in [-0.05, 0) is 50.1 Å². The first-order valence-electron chi connectivity index (χ1n) is 8.80. The third-order valence-electron chi connectivity index (χ3n) is 4.42. The summed E-state index contributed by atoms with van der Waals surface area (Å²) in [5.74, 6) is -0.429. The SMILES string of the molecule is CC(C)(C)NC(=O)[C@@H]1Cc2ccccc2CN1C(=O)c1cc(Cl)cc(Cl)c1. The first-order chi connectivity index (χ1) is 12.6. The van der Waals surface area contributed by atoms with Gasteiger partial charge < -0.3 is 10.2 Å². The molecule has 1 N–H and O–H groups in total. The Morgan fingerprint density at radius 2 is 1.63 bits per heavy atom. The highest BCUT2D eigenvalue weighted by atomic mass is 35.5. The predicted molar refractivity (Wildman–Crippen MR) is 108 cm³/mol. The smallest absolute Gasteiger partial charge is 0.254 e. The normalized spacial score (nSPS) is 16.6. The molecule has 1 atom stereocenters. The monoisotopic (exact) mass is 404 g/mol. The molecule has 4 nitrogen and oxygen atoms in total. The minimum atomic E-state index is -0.593. The molecule has 0 saturated carbocycles. The van der Waals surface area contributed by atoms with Crippen molar-refractivity contribution in [1.82, 2.24) is 10.2 Å². The number of hydrogen-bond donors (Lipinski definition) is 1. The number of rotatable bonds is 2. The van der Waals surface area contributed by atoms with Gasteiger partial charge in [-0.1, -0.05) is 47.5 Å². The first kappa shape index (κ1) is 19.7. The minimum Gasteiger partial charge on any atom is -0.350 e. The minimum absolute atomic E-state index is 0.168. The molecule has 0 radical (unpaired) electrons. The van der Waals surface area contributed by atoms with Crippen molar-refractivity contribution in [3.05, 3.63) is 69.2 Å². The van der Waals surface area contributed by atoms with E-state index in [0.717, 1.165) is 11.1 Å². The highest BCUT2D eigenvalue weighted by Crippen LogP contribution is 2.27. The Hall–Kier alpha value is -2.04. The fourth-order valence-corrected chi connectivity index (χ4v) is 3.79. The van der Waals surface area contributed by atoms with Crippen molar-refractivity contribution in [3.8, 4) is 0 Å². The Bertz CT molecular complexity index is 870. The second-order valence-electron chi connectivity index (χ2n) is 7.82. The van der Waals surface area contributed by atoms with Crippen LogP contribution in [0.4, 0.5) is 0 Å². The van der Waals surface area contributed by atoms with Gasteiger partial charge in [-0.3, -0.25) is 9.59 Å². The quantitative estimate of drug-likeness (QED) is 0.801. The summed E-state index contributed by atoms with van der Waals surface area (Å²) in [4.78, 5) is 27.8. The lowest BCUT2D eigenvalue weighted by atomic mass is 9.92. The van der Waals surface area contributed by atoms with Gasteiger partial charge in [0.1, 0.15) is 6.04 Å². The van der Waals surface area contributed by atoms with E-state index in [4.69, 9.17) is 23.2 Å². The van der Waals surface area contributed by atoms with Gasteiger partial charge in [-0.2, -0.15) is 0 Å². The molecule has 1 heterocycles. The van der Waals surface area contributed by atoms with E-state index in [1.165, 1.54) is 0 Å². The molecule has 27 heavy (non-hydrogen) atoms. The van der Waals surface area contributed by atoms with Gasteiger partial charge >= 0.3 is 0 Å². The van der Waals surface area contributed by atoms with Gasteiger partial charge in [0.05, 0.1) is 0 Å². The Balaban J connectivity index is 1.98. The summed E-state index contributed by atoms with van der Waals surface area (Å²) in [6.45, 7) is 6.13. The van der Waals surface area contributed by atoms with Gasteiger partial charge in [-0.15, -0.1) is 0 Å². The van der Waals surface area contributed by atoms with Crippen molar-refractivity contribution in [3.63, 3.8) is 0 Å². The van der Waals surface area contributed by atoms with Crippen LogP contribution in [0.15, 0.2) is 42.5 Å². The average Bonchev–Trinajstić information content (AvgIpc) is 2.57. The first-order valence-corrected chi connectivity index (χ1v) is 9.55. The maximum Gasteiger partial charge on any atom is 0.254 e. The van der Waals surface area contributed by atoms with Crippen LogP contribution >= 0.6 is 23.2 Å². The number of carbonyl (C=O) groups is 2. The predicted octanol–water partition coefficient (Wildman–Crippen LogP) is 4.48. The fraction of sp³-hybridized carbons (Fsp3) is 0.333. The number of amides is 2. The van der Waals surface area contributed by atoms with Crippen LogP contribution in [0.2, 0.25) is 10.0 Å². The van der Waals surface area contributed by atoms with E-state index in [1.807, 2.05) is 45.0 Å². The molecule has 0 unspecified atom stereocenters. The number of nitrogens with zero attached hydrogens (tertiary/aromatic N) is 1. The molecular formula is C21H22Cl2N2O2. The Labute approximate surface area is 169 Å². The van der Waals surface area contributed by atoms with Crippen molar-refractivity contribution in [2.75, 3.05) is 0 Å². The molecule has 0 fully saturated rings. The zero-order chi connectivity index (χ0) is 19.8. The van der Waals surface area contributed by atoms with Gasteiger partial charge in [0.2, 0.25) is 5.91 Å². The summed E-state index contributed by atoms with van der Waals surface area (Å²) in [6.07, 6.45) is 0.470. The Morgan fingerprint density at radius 3 is 2.22 bits per heavy atom. The number of benzene rings is 2. The molecule has 6 heteroatoms. The summed E-state index contributed by atoms with van der Waals surface area (Å²) < 4.78 is 0. The van der Waals surface area contributed by atoms with Crippen LogP contribution in [0.1, 0.15) is 42.3 Å². The van der Waals surface area contributed by atoms with E-state index in [0.29, 0.717) is 28.6 Å². The molecule has 0 spiro atoms. The fourth-order valence-electron chi connectivity index (χ4n) is 3.27. The van der Waals surface area contributed by atoms with E-state index in [2.05, 4.69) is 5.32 Å². The molecule has 2 aromatic carbocycles. The number of halogens is 2. The van der Waals surface area contributed by atoms with Crippen LogP contribution in [0.5, 0.6) is 0 Å². The second kappa shape index (κ2) is 7.53. The number of fused-ring (bicyclic) bond motifs is 1.